The van der Waals surface area contributed by atoms with Crippen molar-refractivity contribution in [2.45, 2.75) is 24.2 Å². The number of sulfonamides is 1. The fraction of sp³-hybridized carbons (Fsp3) is 0.211. The van der Waals surface area contributed by atoms with Crippen LogP contribution in [0.25, 0.3) is 5.57 Å². The van der Waals surface area contributed by atoms with E-state index in [1.807, 2.05) is 0 Å². The van der Waals surface area contributed by atoms with Crippen LogP contribution in [-0.2, 0) is 14.8 Å². The van der Waals surface area contributed by atoms with E-state index in [0.29, 0.717) is 6.08 Å². The van der Waals surface area contributed by atoms with Gasteiger partial charge in [0.05, 0.1) is 10.6 Å². The lowest BCUT2D eigenvalue weighted by Gasteiger charge is -2.24. The summed E-state index contributed by atoms with van der Waals surface area (Å²) in [6, 6.07) is 11.8. The minimum Gasteiger partial charge on any atom is -0.478 e. The van der Waals surface area contributed by atoms with E-state index in [0.717, 1.165) is 9.87 Å². The van der Waals surface area contributed by atoms with Crippen LogP contribution in [0.4, 0.5) is 14.5 Å². The van der Waals surface area contributed by atoms with E-state index < -0.39 is 40.5 Å². The van der Waals surface area contributed by atoms with Crippen LogP contribution < -0.4 is 4.31 Å². The van der Waals surface area contributed by atoms with Gasteiger partial charge in [0.1, 0.15) is 0 Å². The molecule has 2 aromatic carbocycles. The predicted octanol–water partition coefficient (Wildman–Crippen LogP) is 3.70. The second-order valence-electron chi connectivity index (χ2n) is 6.26. The van der Waals surface area contributed by atoms with Crippen LogP contribution >= 0.6 is 0 Å². The highest BCUT2D eigenvalue weighted by Crippen LogP contribution is 2.44. The first-order valence-electron chi connectivity index (χ1n) is 8.15. The van der Waals surface area contributed by atoms with Crippen LogP contribution in [0.2, 0.25) is 0 Å². The molecule has 8 heteroatoms. The fourth-order valence-corrected chi connectivity index (χ4v) is 4.49. The topological polar surface area (TPSA) is 74.7 Å². The minimum absolute atomic E-state index is 0.0168. The number of hydrogen-bond donors (Lipinski definition) is 1. The number of carboxylic acid groups (broad SMARTS) is 1. The number of hydrogen-bond acceptors (Lipinski definition) is 3. The SMILES string of the molecule is Cc1ccc(S(=O)(=O)N2CCC(F)(F)C(=CC(=O)O)c3ccccc32)cc1. The first-order chi connectivity index (χ1) is 12.6. The van der Waals surface area contributed by atoms with Gasteiger partial charge in [0.15, 0.2) is 0 Å². The summed E-state index contributed by atoms with van der Waals surface area (Å²) in [5.41, 5.74) is 0.0801. The highest BCUT2D eigenvalue weighted by atomic mass is 32.2. The van der Waals surface area contributed by atoms with Crippen LogP contribution in [0.15, 0.2) is 59.5 Å². The maximum atomic E-state index is 14.6. The monoisotopic (exact) mass is 393 g/mol. The Bertz CT molecular complexity index is 1010. The summed E-state index contributed by atoms with van der Waals surface area (Å²) in [6.45, 7) is 1.33. The average molecular weight is 393 g/mol. The molecule has 3 rings (SSSR count). The molecule has 0 unspecified atom stereocenters. The van der Waals surface area contributed by atoms with E-state index >= 15 is 0 Å². The first-order valence-corrected chi connectivity index (χ1v) is 9.59. The van der Waals surface area contributed by atoms with Gasteiger partial charge in [-0.25, -0.2) is 22.0 Å². The molecule has 142 valence electrons. The quantitative estimate of drug-likeness (QED) is 0.807. The zero-order valence-electron chi connectivity index (χ0n) is 14.4. The molecule has 1 N–H and O–H groups in total. The summed E-state index contributed by atoms with van der Waals surface area (Å²) in [5, 5.41) is 9.00. The molecule has 0 spiro atoms. The lowest BCUT2D eigenvalue weighted by molar-refractivity contribution is -0.131. The van der Waals surface area contributed by atoms with Gasteiger partial charge >= 0.3 is 5.97 Å². The number of nitrogens with zero attached hydrogens (tertiary/aromatic N) is 1. The smallest absolute Gasteiger partial charge is 0.328 e. The molecule has 1 aliphatic heterocycles. The molecule has 0 saturated heterocycles. The third-order valence-corrected chi connectivity index (χ3v) is 6.19. The molecule has 0 aliphatic carbocycles. The molecule has 27 heavy (non-hydrogen) atoms. The van der Waals surface area contributed by atoms with Gasteiger partial charge in [-0.2, -0.15) is 0 Å². The number of rotatable bonds is 3. The molecular weight excluding hydrogens is 376 g/mol. The molecule has 0 fully saturated rings. The third-order valence-electron chi connectivity index (χ3n) is 4.36. The van der Waals surface area contributed by atoms with Crippen LogP contribution in [0.5, 0.6) is 0 Å². The molecule has 1 aliphatic rings. The second kappa shape index (κ2) is 6.77. The molecule has 0 atom stereocenters. The van der Waals surface area contributed by atoms with Crippen molar-refractivity contribution in [3.8, 4) is 0 Å². The predicted molar refractivity (Wildman–Crippen MR) is 97.3 cm³/mol. The maximum Gasteiger partial charge on any atom is 0.328 e. The normalized spacial score (nSPS) is 18.0. The Morgan fingerprint density at radius 3 is 2.41 bits per heavy atom. The summed E-state index contributed by atoms with van der Waals surface area (Å²) in [6.07, 6.45) is -0.382. The minimum atomic E-state index is -4.09. The zero-order chi connectivity index (χ0) is 19.8. The van der Waals surface area contributed by atoms with E-state index in [1.165, 1.54) is 36.4 Å². The molecule has 0 bridgehead atoms. The Balaban J connectivity index is 2.21. The van der Waals surface area contributed by atoms with Gasteiger partial charge in [0.25, 0.3) is 15.9 Å². The number of aryl methyl sites for hydroxylation is 1. The number of alkyl halides is 2. The average Bonchev–Trinajstić information content (AvgIpc) is 2.70. The van der Waals surface area contributed by atoms with Crippen molar-refractivity contribution in [1.29, 1.82) is 0 Å². The molecule has 0 amide bonds. The van der Waals surface area contributed by atoms with E-state index in [2.05, 4.69) is 0 Å². The van der Waals surface area contributed by atoms with Crippen molar-refractivity contribution in [2.75, 3.05) is 10.8 Å². The molecule has 2 aromatic rings. The Kier molecular flexibility index (Phi) is 4.77. The molecule has 5 nitrogen and oxygen atoms in total. The molecule has 0 radical (unpaired) electrons. The Labute approximate surface area is 155 Å². The lowest BCUT2D eigenvalue weighted by Crippen LogP contribution is -2.33. The number of allylic oxidation sites excluding steroid dienone is 1. The molecule has 0 saturated carbocycles. The van der Waals surface area contributed by atoms with Crippen LogP contribution in [-0.4, -0.2) is 32.0 Å². The standard InChI is InChI=1S/C19H17F2NO4S/c1-13-6-8-14(9-7-13)27(25,26)22-11-10-19(20,21)16(12-18(23)24)15-4-2-3-5-17(15)22/h2-9,12H,10-11H2,1H3,(H,23,24). The number of halogens is 2. The number of aliphatic carboxylic acids is 1. The first kappa shape index (κ1) is 19.0. The molecule has 1 heterocycles. The van der Waals surface area contributed by atoms with Crippen molar-refractivity contribution in [1.82, 2.24) is 0 Å². The number of para-hydroxylation sites is 1. The van der Waals surface area contributed by atoms with Crippen molar-refractivity contribution < 1.29 is 27.1 Å². The number of benzene rings is 2. The number of carboxylic acids is 1. The Hall–Kier alpha value is -2.74. The third kappa shape index (κ3) is 3.57. The van der Waals surface area contributed by atoms with E-state index in [9.17, 15) is 22.0 Å². The number of fused-ring (bicyclic) bond motifs is 1. The van der Waals surface area contributed by atoms with E-state index in [4.69, 9.17) is 5.11 Å². The zero-order valence-corrected chi connectivity index (χ0v) is 15.2. The van der Waals surface area contributed by atoms with E-state index in [1.54, 1.807) is 19.1 Å². The molecule has 0 aromatic heterocycles. The highest BCUT2D eigenvalue weighted by molar-refractivity contribution is 7.92. The van der Waals surface area contributed by atoms with Crippen LogP contribution in [0, 0.1) is 6.92 Å². The largest absolute Gasteiger partial charge is 0.478 e. The van der Waals surface area contributed by atoms with Gasteiger partial charge in [0.2, 0.25) is 0 Å². The van der Waals surface area contributed by atoms with E-state index in [-0.39, 0.29) is 16.1 Å². The van der Waals surface area contributed by atoms with Crippen molar-refractivity contribution in [2.24, 2.45) is 0 Å². The van der Waals surface area contributed by atoms with Gasteiger partial charge in [-0.15, -0.1) is 0 Å². The summed E-state index contributed by atoms with van der Waals surface area (Å²) in [4.78, 5) is 11.1. The number of anilines is 1. The number of carbonyl (C=O) groups is 1. The molecular formula is C19H17F2NO4S. The summed E-state index contributed by atoms with van der Waals surface area (Å²) >= 11 is 0. The van der Waals surface area contributed by atoms with Crippen LogP contribution in [0.3, 0.4) is 0 Å². The van der Waals surface area contributed by atoms with Crippen molar-refractivity contribution >= 4 is 27.3 Å². The van der Waals surface area contributed by atoms with Crippen molar-refractivity contribution in [3.63, 3.8) is 0 Å². The lowest BCUT2D eigenvalue weighted by atomic mass is 9.97. The summed E-state index contributed by atoms with van der Waals surface area (Å²) in [7, 11) is -4.09. The van der Waals surface area contributed by atoms with Gasteiger partial charge in [-0.3, -0.25) is 4.31 Å². The Morgan fingerprint density at radius 1 is 1.15 bits per heavy atom. The van der Waals surface area contributed by atoms with Gasteiger partial charge in [-0.05, 0) is 25.1 Å². The van der Waals surface area contributed by atoms with Crippen LogP contribution in [0.1, 0.15) is 17.5 Å². The summed E-state index contributed by atoms with van der Waals surface area (Å²) < 4.78 is 56.4. The maximum absolute atomic E-state index is 14.6. The Morgan fingerprint density at radius 2 is 1.78 bits per heavy atom. The second-order valence-corrected chi connectivity index (χ2v) is 8.12. The van der Waals surface area contributed by atoms with Gasteiger partial charge < -0.3 is 5.11 Å². The summed E-state index contributed by atoms with van der Waals surface area (Å²) in [5.74, 6) is -5.00. The van der Waals surface area contributed by atoms with Gasteiger partial charge in [-0.1, -0.05) is 35.9 Å². The van der Waals surface area contributed by atoms with Gasteiger partial charge in [0, 0.05) is 30.2 Å². The van der Waals surface area contributed by atoms with Crippen molar-refractivity contribution in [3.05, 3.63) is 65.7 Å². The highest BCUT2D eigenvalue weighted by Gasteiger charge is 2.42. The fourth-order valence-electron chi connectivity index (χ4n) is 3.01.